The summed E-state index contributed by atoms with van der Waals surface area (Å²) in [6, 6.07) is 2.22. The number of hydrogen-bond acceptors (Lipinski definition) is 3. The number of anilines is 1. The molecule has 0 spiro atoms. The minimum absolute atomic E-state index is 0.543. The molecule has 0 unspecified atom stereocenters. The fourth-order valence-corrected chi connectivity index (χ4v) is 3.31. The maximum absolute atomic E-state index is 10.5. The Hall–Kier alpha value is -1.22. The third-order valence-electron chi connectivity index (χ3n) is 4.14. The van der Waals surface area contributed by atoms with Gasteiger partial charge in [0.2, 0.25) is 0 Å². The summed E-state index contributed by atoms with van der Waals surface area (Å²) in [4.78, 5) is 2.47. The fourth-order valence-electron chi connectivity index (χ4n) is 3.31. The monoisotopic (exact) mass is 246 g/mol. The SMILES string of the molecule is CCNCc1cc2c3c(c1O)CCCN3CCC2. The van der Waals surface area contributed by atoms with Gasteiger partial charge in [-0.25, -0.2) is 0 Å². The molecule has 1 aromatic rings. The topological polar surface area (TPSA) is 35.5 Å². The van der Waals surface area contributed by atoms with E-state index < -0.39 is 0 Å². The molecule has 98 valence electrons. The highest BCUT2D eigenvalue weighted by Gasteiger charge is 2.27. The van der Waals surface area contributed by atoms with E-state index >= 15 is 0 Å². The van der Waals surface area contributed by atoms with E-state index in [1.54, 1.807) is 0 Å². The molecule has 2 aliphatic heterocycles. The number of hydrogen-bond donors (Lipinski definition) is 2. The molecule has 2 N–H and O–H groups in total. The van der Waals surface area contributed by atoms with Gasteiger partial charge in [0.05, 0.1) is 0 Å². The number of aryl methyl sites for hydroxylation is 1. The Bertz CT molecular complexity index is 454. The van der Waals surface area contributed by atoms with Crippen LogP contribution in [0, 0.1) is 0 Å². The number of phenolic OH excluding ortho intramolecular Hbond substituents is 1. The van der Waals surface area contributed by atoms with Crippen molar-refractivity contribution in [3.05, 3.63) is 22.8 Å². The molecule has 0 radical (unpaired) electrons. The average Bonchev–Trinajstić information content (AvgIpc) is 2.41. The molecule has 0 saturated carbocycles. The van der Waals surface area contributed by atoms with Crippen LogP contribution in [0.25, 0.3) is 0 Å². The first-order chi connectivity index (χ1) is 8.81. The quantitative estimate of drug-likeness (QED) is 0.858. The highest BCUT2D eigenvalue weighted by Crippen LogP contribution is 2.41. The highest BCUT2D eigenvalue weighted by atomic mass is 16.3. The second kappa shape index (κ2) is 4.81. The normalized spacial score (nSPS) is 17.7. The third-order valence-corrected chi connectivity index (χ3v) is 4.14. The second-order valence-electron chi connectivity index (χ2n) is 5.35. The van der Waals surface area contributed by atoms with Crippen LogP contribution < -0.4 is 10.2 Å². The van der Waals surface area contributed by atoms with Crippen LogP contribution in [-0.4, -0.2) is 24.7 Å². The summed E-state index contributed by atoms with van der Waals surface area (Å²) in [5.41, 5.74) is 5.08. The van der Waals surface area contributed by atoms with Gasteiger partial charge in [0.25, 0.3) is 0 Å². The zero-order valence-electron chi connectivity index (χ0n) is 11.1. The third kappa shape index (κ3) is 1.87. The molecular weight excluding hydrogens is 224 g/mol. The van der Waals surface area contributed by atoms with Gasteiger partial charge in [0.1, 0.15) is 5.75 Å². The molecule has 0 aliphatic carbocycles. The van der Waals surface area contributed by atoms with Gasteiger partial charge in [0, 0.05) is 36.4 Å². The molecule has 0 bridgehead atoms. The van der Waals surface area contributed by atoms with Crippen LogP contribution in [0.15, 0.2) is 6.07 Å². The van der Waals surface area contributed by atoms with Gasteiger partial charge in [-0.1, -0.05) is 6.92 Å². The van der Waals surface area contributed by atoms with Crippen LogP contribution in [-0.2, 0) is 19.4 Å². The average molecular weight is 246 g/mol. The minimum Gasteiger partial charge on any atom is -0.507 e. The molecular formula is C15H22N2O. The Morgan fingerprint density at radius 1 is 1.28 bits per heavy atom. The smallest absolute Gasteiger partial charge is 0.125 e. The molecule has 18 heavy (non-hydrogen) atoms. The molecule has 0 amide bonds. The van der Waals surface area contributed by atoms with Crippen molar-refractivity contribution in [3.8, 4) is 5.75 Å². The molecule has 0 saturated heterocycles. The van der Waals surface area contributed by atoms with E-state index in [0.717, 1.165) is 44.6 Å². The summed E-state index contributed by atoms with van der Waals surface area (Å²) < 4.78 is 0. The van der Waals surface area contributed by atoms with Gasteiger partial charge < -0.3 is 15.3 Å². The van der Waals surface area contributed by atoms with Crippen LogP contribution in [0.2, 0.25) is 0 Å². The van der Waals surface area contributed by atoms with Crippen LogP contribution in [0.4, 0.5) is 5.69 Å². The Morgan fingerprint density at radius 2 is 2.06 bits per heavy atom. The minimum atomic E-state index is 0.543. The fraction of sp³-hybridized carbons (Fsp3) is 0.600. The Morgan fingerprint density at radius 3 is 2.83 bits per heavy atom. The van der Waals surface area contributed by atoms with Crippen molar-refractivity contribution in [2.24, 2.45) is 0 Å². The zero-order chi connectivity index (χ0) is 12.5. The number of aromatic hydroxyl groups is 1. The lowest BCUT2D eigenvalue weighted by Crippen LogP contribution is -2.34. The largest absolute Gasteiger partial charge is 0.507 e. The first kappa shape index (κ1) is 11.8. The molecule has 2 heterocycles. The van der Waals surface area contributed by atoms with Crippen molar-refractivity contribution in [1.82, 2.24) is 5.32 Å². The maximum atomic E-state index is 10.5. The van der Waals surface area contributed by atoms with Crippen molar-refractivity contribution in [2.75, 3.05) is 24.5 Å². The van der Waals surface area contributed by atoms with Crippen molar-refractivity contribution in [2.45, 2.75) is 39.2 Å². The van der Waals surface area contributed by atoms with Gasteiger partial charge in [-0.05, 0) is 43.9 Å². The zero-order valence-corrected chi connectivity index (χ0v) is 11.1. The van der Waals surface area contributed by atoms with Crippen molar-refractivity contribution in [1.29, 1.82) is 0 Å². The summed E-state index contributed by atoms with van der Waals surface area (Å²) in [5, 5.41) is 13.8. The molecule has 2 aliphatic rings. The maximum Gasteiger partial charge on any atom is 0.125 e. The highest BCUT2D eigenvalue weighted by molar-refractivity contribution is 5.68. The van der Waals surface area contributed by atoms with Crippen LogP contribution in [0.1, 0.15) is 36.5 Å². The number of nitrogens with one attached hydrogen (secondary N) is 1. The number of nitrogens with zero attached hydrogens (tertiary/aromatic N) is 1. The predicted molar refractivity (Wildman–Crippen MR) is 74.3 cm³/mol. The van der Waals surface area contributed by atoms with Gasteiger partial charge in [0.15, 0.2) is 0 Å². The molecule has 3 nitrogen and oxygen atoms in total. The van der Waals surface area contributed by atoms with Crippen molar-refractivity contribution >= 4 is 5.69 Å². The van der Waals surface area contributed by atoms with E-state index in [1.807, 2.05) is 0 Å². The summed E-state index contributed by atoms with van der Waals surface area (Å²) in [7, 11) is 0. The van der Waals surface area contributed by atoms with Crippen LogP contribution >= 0.6 is 0 Å². The number of rotatable bonds is 3. The van der Waals surface area contributed by atoms with E-state index in [-0.39, 0.29) is 0 Å². The Balaban J connectivity index is 2.05. The number of phenols is 1. The van der Waals surface area contributed by atoms with Crippen molar-refractivity contribution < 1.29 is 5.11 Å². The first-order valence-electron chi connectivity index (χ1n) is 7.13. The van der Waals surface area contributed by atoms with E-state index in [4.69, 9.17) is 0 Å². The molecule has 0 fully saturated rings. The lowest BCUT2D eigenvalue weighted by atomic mass is 9.89. The molecule has 3 heteroatoms. The first-order valence-corrected chi connectivity index (χ1v) is 7.13. The Kier molecular flexibility index (Phi) is 3.16. The van der Waals surface area contributed by atoms with E-state index in [9.17, 15) is 5.11 Å². The summed E-state index contributed by atoms with van der Waals surface area (Å²) in [6.07, 6.45) is 4.62. The van der Waals surface area contributed by atoms with Gasteiger partial charge in [-0.3, -0.25) is 0 Å². The van der Waals surface area contributed by atoms with E-state index in [0.29, 0.717) is 5.75 Å². The number of benzene rings is 1. The summed E-state index contributed by atoms with van der Waals surface area (Å²) >= 11 is 0. The standard InChI is InChI=1S/C15H22N2O/c1-2-16-10-12-9-11-5-3-7-17-8-4-6-13(14(11)17)15(12)18/h9,16,18H,2-8,10H2,1H3. The van der Waals surface area contributed by atoms with Gasteiger partial charge in [-0.15, -0.1) is 0 Å². The molecule has 3 rings (SSSR count). The lowest BCUT2D eigenvalue weighted by molar-refractivity contribution is 0.452. The van der Waals surface area contributed by atoms with Crippen LogP contribution in [0.3, 0.4) is 0 Å². The van der Waals surface area contributed by atoms with Crippen LogP contribution in [0.5, 0.6) is 5.75 Å². The molecule has 0 aromatic heterocycles. The van der Waals surface area contributed by atoms with E-state index in [2.05, 4.69) is 23.2 Å². The molecule has 0 atom stereocenters. The van der Waals surface area contributed by atoms with E-state index in [1.165, 1.54) is 29.7 Å². The Labute approximate surface area is 109 Å². The van der Waals surface area contributed by atoms with Crippen molar-refractivity contribution in [3.63, 3.8) is 0 Å². The van der Waals surface area contributed by atoms with Gasteiger partial charge >= 0.3 is 0 Å². The summed E-state index contributed by atoms with van der Waals surface area (Å²) in [5.74, 6) is 0.543. The van der Waals surface area contributed by atoms with Gasteiger partial charge in [-0.2, -0.15) is 0 Å². The summed E-state index contributed by atoms with van der Waals surface area (Å²) in [6.45, 7) is 6.14. The predicted octanol–water partition coefficient (Wildman–Crippen LogP) is 2.20. The molecule has 1 aromatic carbocycles. The second-order valence-corrected chi connectivity index (χ2v) is 5.35. The lowest BCUT2D eigenvalue weighted by Gasteiger charge is -2.37.